The van der Waals surface area contributed by atoms with Gasteiger partial charge in [-0.3, -0.25) is 0 Å². The molecule has 0 saturated carbocycles. The van der Waals surface area contributed by atoms with Crippen LogP contribution in [0, 0.1) is 5.92 Å². The Morgan fingerprint density at radius 1 is 1.40 bits per heavy atom. The standard InChI is InChI=1S/C9H14S/c1-9(2,10)8-6-4-3-5-7-8/h3-6,8,10H,7H2,1-2H3/p+1/t8-/m0/s1. The summed E-state index contributed by atoms with van der Waals surface area (Å²) in [6.07, 6.45) is 9.86. The van der Waals surface area contributed by atoms with Crippen LogP contribution in [-0.2, 0) is 12.6 Å². The fourth-order valence-corrected chi connectivity index (χ4v) is 1.33. The van der Waals surface area contributed by atoms with Crippen molar-refractivity contribution in [2.24, 2.45) is 5.92 Å². The fourth-order valence-electron chi connectivity index (χ4n) is 1.12. The molecule has 0 amide bonds. The molecule has 0 spiro atoms. The lowest BCUT2D eigenvalue weighted by Crippen LogP contribution is -2.26. The highest BCUT2D eigenvalue weighted by Gasteiger charge is 2.28. The second-order valence-electron chi connectivity index (χ2n) is 3.38. The van der Waals surface area contributed by atoms with Gasteiger partial charge >= 0.3 is 0 Å². The Morgan fingerprint density at radius 2 is 2.10 bits per heavy atom. The lowest BCUT2D eigenvalue weighted by molar-refractivity contribution is 0.516. The lowest BCUT2D eigenvalue weighted by Gasteiger charge is -2.21. The van der Waals surface area contributed by atoms with E-state index in [1.54, 1.807) is 0 Å². The van der Waals surface area contributed by atoms with Crippen molar-refractivity contribution in [3.63, 3.8) is 0 Å². The highest BCUT2D eigenvalue weighted by molar-refractivity contribution is 7.60. The monoisotopic (exact) mass is 155 g/mol. The molecule has 0 aromatic heterocycles. The van der Waals surface area contributed by atoms with Crippen LogP contribution in [0.2, 0.25) is 0 Å². The first-order chi connectivity index (χ1) is 4.61. The van der Waals surface area contributed by atoms with Gasteiger partial charge in [0.2, 0.25) is 0 Å². The van der Waals surface area contributed by atoms with Gasteiger partial charge in [0.05, 0.1) is 0 Å². The highest BCUT2D eigenvalue weighted by atomic mass is 32.1. The van der Waals surface area contributed by atoms with Crippen molar-refractivity contribution in [1.29, 1.82) is 0 Å². The SMILES string of the molecule is CC(C)([SH2+])[C@H]1C=CC=CC1. The summed E-state index contributed by atoms with van der Waals surface area (Å²) < 4.78 is 0.237. The third kappa shape index (κ3) is 1.91. The van der Waals surface area contributed by atoms with Gasteiger partial charge in [0.15, 0.2) is 0 Å². The molecule has 1 aliphatic rings. The quantitative estimate of drug-likeness (QED) is 0.507. The largest absolute Gasteiger partial charge is 0.124 e. The molecular weight excluding hydrogens is 140 g/mol. The molecule has 0 aliphatic heterocycles. The first kappa shape index (κ1) is 7.93. The summed E-state index contributed by atoms with van der Waals surface area (Å²) in [4.78, 5) is 0. The molecule has 0 saturated heterocycles. The number of hydrogen-bond acceptors (Lipinski definition) is 0. The van der Waals surface area contributed by atoms with Gasteiger partial charge < -0.3 is 0 Å². The molecule has 1 atom stereocenters. The van der Waals surface area contributed by atoms with Crippen LogP contribution in [0.15, 0.2) is 24.3 Å². The summed E-state index contributed by atoms with van der Waals surface area (Å²) in [7, 11) is 0. The average Bonchev–Trinajstić information content (AvgIpc) is 1.88. The average molecular weight is 155 g/mol. The fraction of sp³-hybridized carbons (Fsp3) is 0.556. The molecule has 0 aromatic rings. The predicted octanol–water partition coefficient (Wildman–Crippen LogP) is 1.91. The van der Waals surface area contributed by atoms with Gasteiger partial charge in [-0.2, -0.15) is 0 Å². The minimum Gasteiger partial charge on any atom is -0.0838 e. The second-order valence-corrected chi connectivity index (χ2v) is 4.67. The van der Waals surface area contributed by atoms with E-state index in [2.05, 4.69) is 50.8 Å². The molecule has 0 unspecified atom stereocenters. The molecule has 0 heterocycles. The molecule has 10 heavy (non-hydrogen) atoms. The summed E-state index contributed by atoms with van der Waals surface area (Å²) in [5.74, 6) is 0.647. The Labute approximate surface area is 68.4 Å². The minimum absolute atomic E-state index is 0.237. The lowest BCUT2D eigenvalue weighted by atomic mass is 9.89. The van der Waals surface area contributed by atoms with Crippen molar-refractivity contribution >= 4 is 12.6 Å². The van der Waals surface area contributed by atoms with Crippen molar-refractivity contribution in [3.8, 4) is 0 Å². The zero-order chi connectivity index (χ0) is 7.61. The summed E-state index contributed by atoms with van der Waals surface area (Å²) in [6, 6.07) is 0. The van der Waals surface area contributed by atoms with Crippen molar-refractivity contribution in [3.05, 3.63) is 24.3 Å². The Bertz CT molecular complexity index is 160. The van der Waals surface area contributed by atoms with E-state index in [0.717, 1.165) is 6.42 Å². The third-order valence-electron chi connectivity index (χ3n) is 1.91. The first-order valence-electron chi connectivity index (χ1n) is 3.69. The molecule has 0 radical (unpaired) electrons. The number of hydrogen-bond donors (Lipinski definition) is 0. The van der Waals surface area contributed by atoms with Crippen LogP contribution >= 0.6 is 0 Å². The van der Waals surface area contributed by atoms with Crippen LogP contribution in [-0.4, -0.2) is 4.75 Å². The zero-order valence-electron chi connectivity index (χ0n) is 6.59. The Hall–Kier alpha value is -0.170. The van der Waals surface area contributed by atoms with E-state index in [-0.39, 0.29) is 4.75 Å². The summed E-state index contributed by atoms with van der Waals surface area (Å²) >= 11 is 3.71. The van der Waals surface area contributed by atoms with Crippen LogP contribution in [0.1, 0.15) is 20.3 Å². The molecular formula is C9H15S+. The molecule has 0 bridgehead atoms. The second kappa shape index (κ2) is 2.83. The van der Waals surface area contributed by atoms with Crippen LogP contribution in [0.3, 0.4) is 0 Å². The van der Waals surface area contributed by atoms with Crippen LogP contribution in [0.4, 0.5) is 0 Å². The Balaban J connectivity index is 2.60. The Morgan fingerprint density at radius 3 is 2.40 bits per heavy atom. The van der Waals surface area contributed by atoms with E-state index in [4.69, 9.17) is 0 Å². The molecule has 0 fully saturated rings. The van der Waals surface area contributed by atoms with Crippen LogP contribution < -0.4 is 0 Å². The summed E-state index contributed by atoms with van der Waals surface area (Å²) in [5, 5.41) is 0. The normalized spacial score (nSPS) is 25.3. The predicted molar refractivity (Wildman–Crippen MR) is 50.6 cm³/mol. The van der Waals surface area contributed by atoms with E-state index in [1.807, 2.05) is 0 Å². The smallest absolute Gasteiger partial charge is 0.0838 e. The van der Waals surface area contributed by atoms with E-state index in [9.17, 15) is 0 Å². The maximum absolute atomic E-state index is 3.71. The number of rotatable bonds is 1. The minimum atomic E-state index is 0.237. The van der Waals surface area contributed by atoms with Crippen molar-refractivity contribution in [1.82, 2.24) is 0 Å². The van der Waals surface area contributed by atoms with Gasteiger partial charge in [0, 0.05) is 5.92 Å². The summed E-state index contributed by atoms with van der Waals surface area (Å²) in [6.45, 7) is 4.41. The van der Waals surface area contributed by atoms with Gasteiger partial charge in [-0.15, -0.1) is 0 Å². The van der Waals surface area contributed by atoms with E-state index >= 15 is 0 Å². The Kier molecular flexibility index (Phi) is 2.24. The maximum atomic E-state index is 3.71. The van der Waals surface area contributed by atoms with E-state index < -0.39 is 0 Å². The van der Waals surface area contributed by atoms with Gasteiger partial charge in [0.25, 0.3) is 0 Å². The topological polar surface area (TPSA) is 0 Å². The third-order valence-corrected chi connectivity index (χ3v) is 2.28. The van der Waals surface area contributed by atoms with Gasteiger partial charge in [-0.25, -0.2) is 0 Å². The molecule has 0 nitrogen and oxygen atoms in total. The zero-order valence-corrected chi connectivity index (χ0v) is 7.59. The molecule has 56 valence electrons. The van der Waals surface area contributed by atoms with Crippen molar-refractivity contribution < 1.29 is 0 Å². The van der Waals surface area contributed by atoms with E-state index in [1.165, 1.54) is 0 Å². The first-order valence-corrected chi connectivity index (χ1v) is 4.19. The van der Waals surface area contributed by atoms with Crippen LogP contribution in [0.25, 0.3) is 0 Å². The summed E-state index contributed by atoms with van der Waals surface area (Å²) in [5.41, 5.74) is 0. The number of allylic oxidation sites excluding steroid dienone is 4. The molecule has 1 heteroatoms. The van der Waals surface area contributed by atoms with Crippen molar-refractivity contribution in [2.75, 3.05) is 0 Å². The van der Waals surface area contributed by atoms with Crippen molar-refractivity contribution in [2.45, 2.75) is 25.0 Å². The highest BCUT2D eigenvalue weighted by Crippen LogP contribution is 2.25. The van der Waals surface area contributed by atoms with Crippen LogP contribution in [0.5, 0.6) is 0 Å². The van der Waals surface area contributed by atoms with Gasteiger partial charge in [0.1, 0.15) is 4.75 Å². The maximum Gasteiger partial charge on any atom is 0.124 e. The van der Waals surface area contributed by atoms with Gasteiger partial charge in [-0.05, 0) is 32.9 Å². The molecule has 0 N–H and O–H groups in total. The van der Waals surface area contributed by atoms with Gasteiger partial charge in [-0.1, -0.05) is 24.3 Å². The molecule has 1 rings (SSSR count). The van der Waals surface area contributed by atoms with E-state index in [0.29, 0.717) is 5.92 Å². The molecule has 1 aliphatic carbocycles. The molecule has 0 aromatic carbocycles.